The lowest BCUT2D eigenvalue weighted by molar-refractivity contribution is 1.13. The molecular weight excluding hydrogens is 238 g/mol. The van der Waals surface area contributed by atoms with Gasteiger partial charge in [0.05, 0.1) is 11.4 Å². The smallest absolute Gasteiger partial charge is 0.250 e. The van der Waals surface area contributed by atoms with Crippen molar-refractivity contribution in [2.75, 3.05) is 5.43 Å². The highest BCUT2D eigenvalue weighted by Crippen LogP contribution is 2.08. The average molecular weight is 255 g/mol. The maximum absolute atomic E-state index is 11.4. The number of hydrogen-bond acceptors (Lipinski definition) is 3. The molecule has 1 heterocycles. The molecule has 19 heavy (non-hydrogen) atoms. The molecule has 0 aliphatic heterocycles. The number of nitrogens with zero attached hydrogens (tertiary/aromatic N) is 1. The molecule has 0 saturated carbocycles. The molecular formula is C15H17N3O. The first kappa shape index (κ1) is 13.1. The Morgan fingerprint density at radius 2 is 2.00 bits per heavy atom. The lowest BCUT2D eigenvalue weighted by Gasteiger charge is -2.06. The van der Waals surface area contributed by atoms with Gasteiger partial charge >= 0.3 is 0 Å². The van der Waals surface area contributed by atoms with E-state index in [0.29, 0.717) is 5.69 Å². The monoisotopic (exact) mass is 255 g/mol. The molecule has 4 heteroatoms. The van der Waals surface area contributed by atoms with Crippen LogP contribution in [-0.4, -0.2) is 10.7 Å². The number of anilines is 1. The van der Waals surface area contributed by atoms with Crippen molar-refractivity contribution in [3.05, 3.63) is 64.1 Å². The molecule has 0 atom stereocenters. The first-order chi connectivity index (χ1) is 9.19. The van der Waals surface area contributed by atoms with Crippen molar-refractivity contribution in [2.45, 2.75) is 20.3 Å². The van der Waals surface area contributed by atoms with Crippen LogP contribution >= 0.6 is 0 Å². The Morgan fingerprint density at radius 3 is 2.63 bits per heavy atom. The quantitative estimate of drug-likeness (QED) is 0.652. The van der Waals surface area contributed by atoms with E-state index >= 15 is 0 Å². The maximum atomic E-state index is 11.4. The van der Waals surface area contributed by atoms with Crippen LogP contribution in [0.5, 0.6) is 0 Å². The molecule has 0 saturated heterocycles. The normalized spacial score (nSPS) is 11.4. The first-order valence-electron chi connectivity index (χ1n) is 6.28. The lowest BCUT2D eigenvalue weighted by Crippen LogP contribution is -2.08. The van der Waals surface area contributed by atoms with Gasteiger partial charge in [0.2, 0.25) is 5.56 Å². The average Bonchev–Trinajstić information content (AvgIpc) is 2.39. The van der Waals surface area contributed by atoms with E-state index < -0.39 is 0 Å². The van der Waals surface area contributed by atoms with Crippen LogP contribution in [0.2, 0.25) is 0 Å². The Labute approximate surface area is 112 Å². The van der Waals surface area contributed by atoms with Gasteiger partial charge in [-0.05, 0) is 25.0 Å². The van der Waals surface area contributed by atoms with Gasteiger partial charge < -0.3 is 4.98 Å². The minimum absolute atomic E-state index is 0.129. The van der Waals surface area contributed by atoms with E-state index in [1.807, 2.05) is 43.3 Å². The molecule has 0 amide bonds. The van der Waals surface area contributed by atoms with Crippen molar-refractivity contribution in [1.29, 1.82) is 0 Å². The molecule has 2 rings (SSSR count). The number of hydrogen-bond donors (Lipinski definition) is 2. The Balaban J connectivity index is 2.23. The summed E-state index contributed by atoms with van der Waals surface area (Å²) in [6.45, 7) is 3.89. The van der Waals surface area contributed by atoms with Gasteiger partial charge in [-0.15, -0.1) is 0 Å². The van der Waals surface area contributed by atoms with Crippen molar-refractivity contribution < 1.29 is 0 Å². The van der Waals surface area contributed by atoms with Gasteiger partial charge in [0.1, 0.15) is 0 Å². The number of benzene rings is 1. The molecule has 1 aromatic heterocycles. The van der Waals surface area contributed by atoms with Crippen molar-refractivity contribution >= 4 is 11.4 Å². The maximum Gasteiger partial charge on any atom is 0.250 e. The Kier molecular flexibility index (Phi) is 4.13. The molecule has 0 bridgehead atoms. The van der Waals surface area contributed by atoms with Gasteiger partial charge in [0.15, 0.2) is 0 Å². The van der Waals surface area contributed by atoms with Crippen LogP contribution in [-0.2, 0) is 0 Å². The second kappa shape index (κ2) is 6.00. The number of rotatable bonds is 4. The predicted molar refractivity (Wildman–Crippen MR) is 78.7 cm³/mol. The minimum Gasteiger partial charge on any atom is -0.326 e. The molecule has 2 N–H and O–H groups in total. The summed E-state index contributed by atoms with van der Waals surface area (Å²) in [5, 5.41) is 4.38. The Hall–Kier alpha value is -2.36. The third kappa shape index (κ3) is 3.55. The highest BCUT2D eigenvalue weighted by molar-refractivity contribution is 6.00. The topological polar surface area (TPSA) is 57.2 Å². The highest BCUT2D eigenvalue weighted by atomic mass is 16.1. The molecule has 0 radical (unpaired) electrons. The fourth-order valence-corrected chi connectivity index (χ4v) is 1.86. The van der Waals surface area contributed by atoms with Gasteiger partial charge in [0, 0.05) is 11.8 Å². The Bertz CT molecular complexity index is 629. The second-order valence-electron chi connectivity index (χ2n) is 4.31. The summed E-state index contributed by atoms with van der Waals surface area (Å²) in [5.74, 6) is 0. The zero-order chi connectivity index (χ0) is 13.7. The summed E-state index contributed by atoms with van der Waals surface area (Å²) in [6, 6.07) is 13.3. The zero-order valence-corrected chi connectivity index (χ0v) is 11.1. The van der Waals surface area contributed by atoms with Crippen molar-refractivity contribution in [1.82, 2.24) is 4.98 Å². The molecule has 2 aromatic rings. The number of aromatic amines is 1. The fourth-order valence-electron chi connectivity index (χ4n) is 1.86. The van der Waals surface area contributed by atoms with E-state index in [9.17, 15) is 4.79 Å². The molecule has 0 fully saturated rings. The van der Waals surface area contributed by atoms with Crippen molar-refractivity contribution in [3.8, 4) is 0 Å². The largest absolute Gasteiger partial charge is 0.326 e. The zero-order valence-electron chi connectivity index (χ0n) is 11.1. The molecule has 1 aromatic carbocycles. The Morgan fingerprint density at radius 1 is 1.26 bits per heavy atom. The SMILES string of the molecule is CC/C(=N\Nc1cc(C)[nH]c(=O)c1)c1ccccc1. The van der Waals surface area contributed by atoms with Crippen LogP contribution in [0.1, 0.15) is 24.6 Å². The number of aromatic nitrogens is 1. The van der Waals surface area contributed by atoms with Crippen LogP contribution in [0.15, 0.2) is 52.4 Å². The number of aryl methyl sites for hydroxylation is 1. The minimum atomic E-state index is -0.129. The number of pyridine rings is 1. The van der Waals surface area contributed by atoms with E-state index in [1.165, 1.54) is 6.07 Å². The standard InChI is InChI=1S/C15H17N3O/c1-3-14(12-7-5-4-6-8-12)18-17-13-9-11(2)16-15(19)10-13/h4-10H,3H2,1-2H3,(H2,16,17,19)/b18-14+. The predicted octanol–water partition coefficient (Wildman–Crippen LogP) is 2.91. The van der Waals surface area contributed by atoms with Gasteiger partial charge in [0.25, 0.3) is 0 Å². The van der Waals surface area contributed by atoms with Gasteiger partial charge in [-0.25, -0.2) is 0 Å². The first-order valence-corrected chi connectivity index (χ1v) is 6.28. The van der Waals surface area contributed by atoms with Gasteiger partial charge in [-0.1, -0.05) is 37.3 Å². The lowest BCUT2D eigenvalue weighted by atomic mass is 10.1. The van der Waals surface area contributed by atoms with E-state index in [-0.39, 0.29) is 5.56 Å². The van der Waals surface area contributed by atoms with Crippen molar-refractivity contribution in [2.24, 2.45) is 5.10 Å². The van der Waals surface area contributed by atoms with Gasteiger partial charge in [-0.2, -0.15) is 5.10 Å². The summed E-state index contributed by atoms with van der Waals surface area (Å²) in [7, 11) is 0. The molecule has 0 aliphatic carbocycles. The van der Waals surface area contributed by atoms with Crippen molar-refractivity contribution in [3.63, 3.8) is 0 Å². The van der Waals surface area contributed by atoms with Crippen LogP contribution in [0, 0.1) is 6.92 Å². The fraction of sp³-hybridized carbons (Fsp3) is 0.200. The highest BCUT2D eigenvalue weighted by Gasteiger charge is 2.00. The second-order valence-corrected chi connectivity index (χ2v) is 4.31. The molecule has 0 spiro atoms. The summed E-state index contributed by atoms with van der Waals surface area (Å²) in [4.78, 5) is 14.1. The van der Waals surface area contributed by atoms with E-state index in [0.717, 1.165) is 23.4 Å². The summed E-state index contributed by atoms with van der Waals surface area (Å²) >= 11 is 0. The van der Waals surface area contributed by atoms with Crippen LogP contribution in [0.25, 0.3) is 0 Å². The number of hydrazone groups is 1. The summed E-state index contributed by atoms with van der Waals surface area (Å²) < 4.78 is 0. The third-order valence-electron chi connectivity index (χ3n) is 2.74. The number of H-pyrrole nitrogens is 1. The molecule has 0 unspecified atom stereocenters. The van der Waals surface area contributed by atoms with Gasteiger partial charge in [-0.3, -0.25) is 10.2 Å². The number of nitrogens with one attached hydrogen (secondary N) is 2. The molecule has 98 valence electrons. The van der Waals surface area contributed by atoms with Crippen LogP contribution in [0.4, 0.5) is 5.69 Å². The van der Waals surface area contributed by atoms with E-state index in [2.05, 4.69) is 22.4 Å². The van der Waals surface area contributed by atoms with Crippen LogP contribution < -0.4 is 11.0 Å². The summed E-state index contributed by atoms with van der Waals surface area (Å²) in [5.41, 5.74) is 6.36. The molecule has 4 nitrogen and oxygen atoms in total. The van der Waals surface area contributed by atoms with E-state index in [4.69, 9.17) is 0 Å². The van der Waals surface area contributed by atoms with E-state index in [1.54, 1.807) is 0 Å². The van der Waals surface area contributed by atoms with Crippen LogP contribution in [0.3, 0.4) is 0 Å². The third-order valence-corrected chi connectivity index (χ3v) is 2.74. The summed E-state index contributed by atoms with van der Waals surface area (Å²) in [6.07, 6.45) is 0.819. The molecule has 0 aliphatic rings.